The highest BCUT2D eigenvalue weighted by atomic mass is 16.5. The van der Waals surface area contributed by atoms with Gasteiger partial charge in [0, 0.05) is 13.2 Å². The van der Waals surface area contributed by atoms with Crippen LogP contribution in [0.1, 0.15) is 17.9 Å². The molecule has 0 aliphatic heterocycles. The number of nitrogens with one attached hydrogen (secondary N) is 1. The molecule has 2 heterocycles. The SMILES string of the molecule is N#Cc1ccc(NCCCOCc2ccco2)cn1. The van der Waals surface area contributed by atoms with E-state index in [0.29, 0.717) is 18.9 Å². The van der Waals surface area contributed by atoms with Crippen LogP contribution in [0.5, 0.6) is 0 Å². The fraction of sp³-hybridized carbons (Fsp3) is 0.286. The number of anilines is 1. The number of hydrogen-bond acceptors (Lipinski definition) is 5. The second-order valence-electron chi connectivity index (χ2n) is 3.96. The van der Waals surface area contributed by atoms with Gasteiger partial charge in [-0.05, 0) is 30.7 Å². The first-order valence-electron chi connectivity index (χ1n) is 6.08. The maximum atomic E-state index is 8.62. The van der Waals surface area contributed by atoms with E-state index in [1.807, 2.05) is 24.3 Å². The van der Waals surface area contributed by atoms with Crippen molar-refractivity contribution < 1.29 is 9.15 Å². The average molecular weight is 257 g/mol. The molecule has 0 unspecified atom stereocenters. The minimum absolute atomic E-state index is 0.423. The highest BCUT2D eigenvalue weighted by Crippen LogP contribution is 2.06. The van der Waals surface area contributed by atoms with Crippen LogP contribution in [0.15, 0.2) is 41.1 Å². The Labute approximate surface area is 111 Å². The Bertz CT molecular complexity index is 515. The predicted molar refractivity (Wildman–Crippen MR) is 70.4 cm³/mol. The summed E-state index contributed by atoms with van der Waals surface area (Å²) in [6, 6.07) is 9.25. The number of nitrogens with zero attached hydrogens (tertiary/aromatic N) is 2. The highest BCUT2D eigenvalue weighted by molar-refractivity contribution is 5.42. The summed E-state index contributed by atoms with van der Waals surface area (Å²) in [6.45, 7) is 1.97. The molecule has 0 radical (unpaired) electrons. The summed E-state index contributed by atoms with van der Waals surface area (Å²) in [7, 11) is 0. The van der Waals surface area contributed by atoms with Gasteiger partial charge in [0.25, 0.3) is 0 Å². The van der Waals surface area contributed by atoms with E-state index < -0.39 is 0 Å². The lowest BCUT2D eigenvalue weighted by atomic mass is 10.3. The number of pyridine rings is 1. The van der Waals surface area contributed by atoms with Crippen LogP contribution in [-0.4, -0.2) is 18.1 Å². The van der Waals surface area contributed by atoms with E-state index in [4.69, 9.17) is 14.4 Å². The minimum Gasteiger partial charge on any atom is -0.467 e. The second kappa shape index (κ2) is 7.19. The van der Waals surface area contributed by atoms with Gasteiger partial charge in [0.15, 0.2) is 0 Å². The van der Waals surface area contributed by atoms with Crippen molar-refractivity contribution in [3.8, 4) is 6.07 Å². The standard InChI is InChI=1S/C14H15N3O2/c15-9-12-4-5-13(10-17-12)16-6-2-7-18-11-14-3-1-8-19-14/h1,3-5,8,10,16H,2,6-7,11H2. The van der Waals surface area contributed by atoms with Gasteiger partial charge in [-0.15, -0.1) is 0 Å². The summed E-state index contributed by atoms with van der Waals surface area (Å²) in [5.41, 5.74) is 1.33. The molecule has 0 aromatic carbocycles. The van der Waals surface area contributed by atoms with Gasteiger partial charge in [0.05, 0.1) is 18.1 Å². The van der Waals surface area contributed by atoms with E-state index in [-0.39, 0.29) is 0 Å². The smallest absolute Gasteiger partial charge is 0.140 e. The molecule has 5 nitrogen and oxygen atoms in total. The molecule has 2 rings (SSSR count). The third-order valence-electron chi connectivity index (χ3n) is 2.50. The lowest BCUT2D eigenvalue weighted by Crippen LogP contribution is -2.06. The zero-order valence-electron chi connectivity index (χ0n) is 10.5. The second-order valence-corrected chi connectivity index (χ2v) is 3.96. The predicted octanol–water partition coefficient (Wildman–Crippen LogP) is 2.57. The molecule has 0 amide bonds. The van der Waals surface area contributed by atoms with Crippen LogP contribution in [0, 0.1) is 11.3 Å². The minimum atomic E-state index is 0.423. The third kappa shape index (κ3) is 4.45. The number of aromatic nitrogens is 1. The topological polar surface area (TPSA) is 71.1 Å². The van der Waals surface area contributed by atoms with Gasteiger partial charge in [-0.3, -0.25) is 0 Å². The van der Waals surface area contributed by atoms with Crippen LogP contribution in [0.4, 0.5) is 5.69 Å². The monoisotopic (exact) mass is 257 g/mol. The van der Waals surface area contributed by atoms with Gasteiger partial charge < -0.3 is 14.5 Å². The fourth-order valence-corrected chi connectivity index (χ4v) is 1.54. The van der Waals surface area contributed by atoms with Crippen LogP contribution < -0.4 is 5.32 Å². The number of furan rings is 1. The molecule has 0 aliphatic carbocycles. The van der Waals surface area contributed by atoms with Crippen molar-refractivity contribution in [1.29, 1.82) is 5.26 Å². The average Bonchev–Trinajstić information content (AvgIpc) is 2.96. The largest absolute Gasteiger partial charge is 0.467 e. The summed E-state index contributed by atoms with van der Waals surface area (Å²) in [5, 5.41) is 11.8. The van der Waals surface area contributed by atoms with Gasteiger partial charge in [-0.2, -0.15) is 5.26 Å². The number of rotatable bonds is 7. The van der Waals surface area contributed by atoms with Gasteiger partial charge in [0.1, 0.15) is 24.1 Å². The van der Waals surface area contributed by atoms with Crippen molar-refractivity contribution in [2.75, 3.05) is 18.5 Å². The molecule has 5 heteroatoms. The van der Waals surface area contributed by atoms with Crippen LogP contribution in [0.25, 0.3) is 0 Å². The Balaban J connectivity index is 1.57. The summed E-state index contributed by atoms with van der Waals surface area (Å²) < 4.78 is 10.6. The molecule has 0 atom stereocenters. The maximum Gasteiger partial charge on any atom is 0.140 e. The van der Waals surface area contributed by atoms with E-state index in [9.17, 15) is 0 Å². The molecule has 0 saturated heterocycles. The maximum absolute atomic E-state index is 8.62. The molecule has 0 fully saturated rings. The van der Waals surface area contributed by atoms with Gasteiger partial charge >= 0.3 is 0 Å². The summed E-state index contributed by atoms with van der Waals surface area (Å²) in [4.78, 5) is 3.98. The zero-order chi connectivity index (χ0) is 13.3. The molecule has 98 valence electrons. The fourth-order valence-electron chi connectivity index (χ4n) is 1.54. The lowest BCUT2D eigenvalue weighted by Gasteiger charge is -2.06. The first kappa shape index (κ1) is 13.1. The summed E-state index contributed by atoms with van der Waals surface area (Å²) in [6.07, 6.45) is 4.18. The zero-order valence-corrected chi connectivity index (χ0v) is 10.5. The van der Waals surface area contributed by atoms with E-state index >= 15 is 0 Å². The molecule has 0 spiro atoms. The van der Waals surface area contributed by atoms with Crippen molar-refractivity contribution in [3.05, 3.63) is 48.2 Å². The molecular weight excluding hydrogens is 242 g/mol. The lowest BCUT2D eigenvalue weighted by molar-refractivity contribution is 0.106. The Morgan fingerprint density at radius 3 is 3.00 bits per heavy atom. The van der Waals surface area contributed by atoms with Gasteiger partial charge in [-0.1, -0.05) is 0 Å². The summed E-state index contributed by atoms with van der Waals surface area (Å²) in [5.74, 6) is 0.837. The molecular formula is C14H15N3O2. The first-order valence-corrected chi connectivity index (χ1v) is 6.08. The number of ether oxygens (including phenoxy) is 1. The Hall–Kier alpha value is -2.32. The van der Waals surface area contributed by atoms with Crippen molar-refractivity contribution in [1.82, 2.24) is 4.98 Å². The van der Waals surface area contributed by atoms with E-state index in [2.05, 4.69) is 10.3 Å². The van der Waals surface area contributed by atoms with Crippen LogP contribution >= 0.6 is 0 Å². The number of hydrogen-bond donors (Lipinski definition) is 1. The molecule has 0 saturated carbocycles. The third-order valence-corrected chi connectivity index (χ3v) is 2.50. The van der Waals surface area contributed by atoms with Crippen molar-refractivity contribution in [2.45, 2.75) is 13.0 Å². The Morgan fingerprint density at radius 2 is 2.32 bits per heavy atom. The van der Waals surface area contributed by atoms with E-state index in [0.717, 1.165) is 24.4 Å². The normalized spacial score (nSPS) is 10.1. The van der Waals surface area contributed by atoms with E-state index in [1.54, 1.807) is 18.5 Å². The Morgan fingerprint density at radius 1 is 1.37 bits per heavy atom. The van der Waals surface area contributed by atoms with Crippen molar-refractivity contribution >= 4 is 5.69 Å². The molecule has 2 aromatic heterocycles. The van der Waals surface area contributed by atoms with Gasteiger partial charge in [-0.25, -0.2) is 4.98 Å². The molecule has 1 N–H and O–H groups in total. The Kier molecular flexibility index (Phi) is 4.96. The van der Waals surface area contributed by atoms with Crippen molar-refractivity contribution in [3.63, 3.8) is 0 Å². The molecule has 0 bridgehead atoms. The van der Waals surface area contributed by atoms with Crippen LogP contribution in [-0.2, 0) is 11.3 Å². The quantitative estimate of drug-likeness (QED) is 0.772. The number of nitriles is 1. The van der Waals surface area contributed by atoms with Crippen LogP contribution in [0.3, 0.4) is 0 Å². The highest BCUT2D eigenvalue weighted by Gasteiger charge is 1.96. The molecule has 0 aliphatic rings. The van der Waals surface area contributed by atoms with Gasteiger partial charge in [0.2, 0.25) is 0 Å². The van der Waals surface area contributed by atoms with Crippen LogP contribution in [0.2, 0.25) is 0 Å². The molecule has 2 aromatic rings. The molecule has 19 heavy (non-hydrogen) atoms. The first-order chi connectivity index (χ1) is 9.38. The van der Waals surface area contributed by atoms with E-state index in [1.165, 1.54) is 0 Å². The van der Waals surface area contributed by atoms with Crippen molar-refractivity contribution in [2.24, 2.45) is 0 Å². The summed E-state index contributed by atoms with van der Waals surface area (Å²) >= 11 is 0.